The largest absolute Gasteiger partial charge is 0.378 e. The van der Waals surface area contributed by atoms with E-state index in [4.69, 9.17) is 12.6 Å². The lowest BCUT2D eigenvalue weighted by Gasteiger charge is -2.43. The molecule has 2 radical (unpaired) electrons. The van der Waals surface area contributed by atoms with Crippen LogP contribution in [0.2, 0.25) is 0 Å². The van der Waals surface area contributed by atoms with Crippen LogP contribution in [0.3, 0.4) is 0 Å². The van der Waals surface area contributed by atoms with E-state index in [2.05, 4.69) is 31.3 Å². The highest BCUT2D eigenvalue weighted by molar-refractivity contribution is 6.29. The zero-order chi connectivity index (χ0) is 22.2. The molecule has 0 unspecified atom stereocenters. The normalized spacial score (nSPS) is 17.4. The Bertz CT molecular complexity index is 1110. The number of nitrogens with zero attached hydrogens (tertiary/aromatic N) is 5. The van der Waals surface area contributed by atoms with E-state index in [9.17, 15) is 8.78 Å². The second kappa shape index (κ2) is 8.52. The van der Waals surface area contributed by atoms with Gasteiger partial charge in [0.2, 0.25) is 5.95 Å². The maximum atomic E-state index is 13.6. The molecule has 164 valence electrons. The molecule has 5 rings (SSSR count). The molecule has 0 aliphatic carbocycles. The maximum absolute atomic E-state index is 13.6. The Morgan fingerprint density at radius 3 is 2.34 bits per heavy atom. The molecular formula is C22H23BF2N6O. The summed E-state index contributed by atoms with van der Waals surface area (Å²) in [6, 6.07) is 9.85. The van der Waals surface area contributed by atoms with Crippen molar-refractivity contribution in [3.8, 4) is 5.69 Å². The van der Waals surface area contributed by atoms with Gasteiger partial charge in [-0.3, -0.25) is 4.90 Å². The van der Waals surface area contributed by atoms with E-state index >= 15 is 0 Å². The van der Waals surface area contributed by atoms with Gasteiger partial charge >= 0.3 is 0 Å². The van der Waals surface area contributed by atoms with Gasteiger partial charge in [-0.2, -0.15) is 0 Å². The van der Waals surface area contributed by atoms with Crippen molar-refractivity contribution in [2.24, 2.45) is 0 Å². The second-order valence-corrected chi connectivity index (χ2v) is 8.23. The smallest absolute Gasteiger partial charge is 0.246 e. The fourth-order valence-electron chi connectivity index (χ4n) is 4.15. The summed E-state index contributed by atoms with van der Waals surface area (Å²) < 4.78 is 33.7. The zero-order valence-electron chi connectivity index (χ0n) is 17.8. The Labute approximate surface area is 186 Å². The van der Waals surface area contributed by atoms with Crippen molar-refractivity contribution >= 4 is 30.9 Å². The Kier molecular flexibility index (Phi) is 5.56. The van der Waals surface area contributed by atoms with E-state index in [0.29, 0.717) is 6.04 Å². The summed E-state index contributed by atoms with van der Waals surface area (Å²) in [7, 11) is 5.94. The van der Waals surface area contributed by atoms with Crippen LogP contribution >= 0.6 is 0 Å². The SMILES string of the molecule is [B]c1nc(Nc2cc(C)cc(N3CCN(C4COC4)CC3)c2)nn1-c1cc(F)cc(F)c1. The van der Waals surface area contributed by atoms with Crippen molar-refractivity contribution < 1.29 is 13.5 Å². The lowest BCUT2D eigenvalue weighted by atomic mass is 10.1. The summed E-state index contributed by atoms with van der Waals surface area (Å²) in [6.45, 7) is 7.63. The third-order valence-electron chi connectivity index (χ3n) is 5.86. The number of piperazine rings is 1. The van der Waals surface area contributed by atoms with Gasteiger partial charge in [-0.05, 0) is 42.8 Å². The maximum Gasteiger partial charge on any atom is 0.246 e. The lowest BCUT2D eigenvalue weighted by molar-refractivity contribution is -0.0660. The van der Waals surface area contributed by atoms with Gasteiger partial charge in [0.25, 0.3) is 0 Å². The minimum Gasteiger partial charge on any atom is -0.378 e. The number of aromatic nitrogens is 3. The second-order valence-electron chi connectivity index (χ2n) is 8.23. The van der Waals surface area contributed by atoms with Gasteiger partial charge in [-0.15, -0.1) is 5.10 Å². The Morgan fingerprint density at radius 1 is 0.969 bits per heavy atom. The molecular weight excluding hydrogens is 413 g/mol. The van der Waals surface area contributed by atoms with Gasteiger partial charge in [-0.1, -0.05) is 0 Å². The molecule has 2 aromatic carbocycles. The molecule has 0 atom stereocenters. The van der Waals surface area contributed by atoms with Gasteiger partial charge in [0.1, 0.15) is 11.6 Å². The van der Waals surface area contributed by atoms with Crippen LogP contribution in [0.5, 0.6) is 0 Å². The van der Waals surface area contributed by atoms with E-state index < -0.39 is 11.6 Å². The molecule has 10 heteroatoms. The number of ether oxygens (including phenoxy) is 1. The molecule has 1 aromatic heterocycles. The van der Waals surface area contributed by atoms with Crippen LogP contribution in [-0.4, -0.2) is 72.9 Å². The van der Waals surface area contributed by atoms with Crippen LogP contribution < -0.4 is 15.9 Å². The monoisotopic (exact) mass is 436 g/mol. The highest BCUT2D eigenvalue weighted by Crippen LogP contribution is 2.26. The Balaban J connectivity index is 1.32. The van der Waals surface area contributed by atoms with Crippen LogP contribution in [0.25, 0.3) is 5.69 Å². The Morgan fingerprint density at radius 2 is 1.69 bits per heavy atom. The van der Waals surface area contributed by atoms with Crippen molar-refractivity contribution in [2.45, 2.75) is 13.0 Å². The molecule has 3 aromatic rings. The highest BCUT2D eigenvalue weighted by atomic mass is 19.1. The van der Waals surface area contributed by atoms with Gasteiger partial charge in [0.15, 0.2) is 7.85 Å². The predicted molar refractivity (Wildman–Crippen MR) is 120 cm³/mol. The molecule has 3 heterocycles. The predicted octanol–water partition coefficient (Wildman–Crippen LogP) is 1.91. The summed E-state index contributed by atoms with van der Waals surface area (Å²) in [4.78, 5) is 9.05. The molecule has 0 spiro atoms. The molecule has 32 heavy (non-hydrogen) atoms. The molecule has 0 saturated carbocycles. The minimum absolute atomic E-state index is 0.0291. The quantitative estimate of drug-likeness (QED) is 0.617. The molecule has 2 aliphatic rings. The van der Waals surface area contributed by atoms with Gasteiger partial charge < -0.3 is 15.0 Å². The van der Waals surface area contributed by atoms with Gasteiger partial charge in [0.05, 0.1) is 30.7 Å². The fraction of sp³-hybridized carbons (Fsp3) is 0.364. The minimum atomic E-state index is -0.710. The highest BCUT2D eigenvalue weighted by Gasteiger charge is 2.29. The van der Waals surface area contributed by atoms with E-state index in [1.807, 2.05) is 19.1 Å². The first kappa shape index (κ1) is 20.9. The molecule has 0 amide bonds. The first-order valence-corrected chi connectivity index (χ1v) is 10.6. The number of rotatable bonds is 5. The molecule has 7 nitrogen and oxygen atoms in total. The van der Waals surface area contributed by atoms with E-state index in [0.717, 1.165) is 74.5 Å². The number of nitrogens with one attached hydrogen (secondary N) is 1. The number of hydrogen-bond donors (Lipinski definition) is 1. The van der Waals surface area contributed by atoms with Crippen molar-refractivity contribution in [1.29, 1.82) is 0 Å². The summed E-state index contributed by atoms with van der Waals surface area (Å²) in [6.07, 6.45) is 0. The van der Waals surface area contributed by atoms with Crippen molar-refractivity contribution in [3.63, 3.8) is 0 Å². The van der Waals surface area contributed by atoms with Crippen molar-refractivity contribution in [3.05, 3.63) is 53.6 Å². The topological polar surface area (TPSA) is 58.5 Å². The van der Waals surface area contributed by atoms with Crippen LogP contribution in [0, 0.1) is 18.6 Å². The van der Waals surface area contributed by atoms with Crippen molar-refractivity contribution in [2.75, 3.05) is 49.6 Å². The molecule has 1 N–H and O–H groups in total. The summed E-state index contributed by atoms with van der Waals surface area (Å²) in [5, 5.41) is 7.44. The number of anilines is 3. The first-order valence-electron chi connectivity index (χ1n) is 10.6. The number of aryl methyl sites for hydroxylation is 1. The van der Waals surface area contributed by atoms with Gasteiger partial charge in [-0.25, -0.2) is 18.4 Å². The molecule has 2 fully saturated rings. The van der Waals surface area contributed by atoms with E-state index in [1.165, 1.54) is 4.68 Å². The molecule has 0 bridgehead atoms. The lowest BCUT2D eigenvalue weighted by Crippen LogP contribution is -2.56. The average Bonchev–Trinajstić information content (AvgIpc) is 3.06. The van der Waals surface area contributed by atoms with E-state index in [1.54, 1.807) is 0 Å². The number of halogens is 2. The van der Waals surface area contributed by atoms with Crippen molar-refractivity contribution in [1.82, 2.24) is 19.7 Å². The fourth-order valence-corrected chi connectivity index (χ4v) is 4.15. The third kappa shape index (κ3) is 4.33. The summed E-state index contributed by atoms with van der Waals surface area (Å²) in [5.41, 5.74) is 3.23. The van der Waals surface area contributed by atoms with Crippen LogP contribution in [0.1, 0.15) is 5.56 Å². The van der Waals surface area contributed by atoms with Crippen LogP contribution in [0.4, 0.5) is 26.1 Å². The Hall–Kier alpha value is -2.98. The standard InChI is InChI=1S/C22H23BF2N6O/c1-14-6-17(11-18(7-14)29-2-4-30(5-3-29)20-12-32-13-20)26-22-27-21(23)31(28-22)19-9-15(24)8-16(25)10-19/h6-11,20H,2-5,12-13H2,1H3,(H,26,28). The van der Waals surface area contributed by atoms with Gasteiger partial charge in [0, 0.05) is 43.6 Å². The average molecular weight is 436 g/mol. The molecule has 2 saturated heterocycles. The number of hydrogen-bond acceptors (Lipinski definition) is 6. The zero-order valence-corrected chi connectivity index (χ0v) is 17.8. The molecule has 2 aliphatic heterocycles. The number of benzene rings is 2. The van der Waals surface area contributed by atoms with Crippen LogP contribution in [0.15, 0.2) is 36.4 Å². The summed E-state index contributed by atoms with van der Waals surface area (Å²) in [5.74, 6) is -1.17. The van der Waals surface area contributed by atoms with Crippen LogP contribution in [-0.2, 0) is 4.74 Å². The summed E-state index contributed by atoms with van der Waals surface area (Å²) >= 11 is 0. The van der Waals surface area contributed by atoms with E-state index in [-0.39, 0.29) is 17.4 Å². The first-order chi connectivity index (χ1) is 15.4. The third-order valence-corrected chi connectivity index (χ3v) is 5.86.